The Morgan fingerprint density at radius 3 is 2.27 bits per heavy atom. The Balaban J connectivity index is 1.76. The summed E-state index contributed by atoms with van der Waals surface area (Å²) in [5.74, 6) is -7.31. The number of esters is 1. The minimum Gasteiger partial charge on any atom is -0.456 e. The molecular weight excluding hydrogens is 742 g/mol. The summed E-state index contributed by atoms with van der Waals surface area (Å²) in [5, 5.41) is 23.6. The van der Waals surface area contributed by atoms with E-state index in [-0.39, 0.29) is 54.9 Å². The highest BCUT2D eigenvalue weighted by Gasteiger charge is 2.56. The molecule has 1 amide bonds. The third-order valence-electron chi connectivity index (χ3n) is 12.8. The fraction of sp³-hybridized carbons (Fsp3) is 0.814. The molecule has 12 nitrogen and oxygen atoms in total. The van der Waals surface area contributed by atoms with Gasteiger partial charge in [0, 0.05) is 52.0 Å². The lowest BCUT2D eigenvalue weighted by atomic mass is 9.82. The minimum absolute atomic E-state index is 0.0425. The summed E-state index contributed by atoms with van der Waals surface area (Å²) in [5.41, 5.74) is 1.71. The molecule has 4 aliphatic rings. The molecule has 1 aliphatic carbocycles. The Hall–Kier alpha value is -2.19. The van der Waals surface area contributed by atoms with Crippen LogP contribution in [0, 0.1) is 29.6 Å². The number of halogens is 1. The number of aliphatic hydroxyl groups is 2. The topological polar surface area (TPSA) is 158 Å². The number of Topliss-reactive ketones (excluding diaryl/α,β-unsaturated/α-hetero) is 2. The van der Waals surface area contributed by atoms with Gasteiger partial charge in [0.05, 0.1) is 29.8 Å². The van der Waals surface area contributed by atoms with Crippen LogP contribution >= 0.6 is 11.6 Å². The molecule has 13 heteroatoms. The van der Waals surface area contributed by atoms with Gasteiger partial charge in [-0.1, -0.05) is 45.4 Å². The quantitative estimate of drug-likeness (QED) is 0.146. The van der Waals surface area contributed by atoms with Gasteiger partial charge in [0.25, 0.3) is 11.7 Å². The largest absolute Gasteiger partial charge is 0.456 e. The van der Waals surface area contributed by atoms with Crippen molar-refractivity contribution in [3.8, 4) is 0 Å². The highest BCUT2D eigenvalue weighted by Crippen LogP contribution is 2.39. The first-order chi connectivity index (χ1) is 26.5. The SMILES string of the molecule is CC[C@@H]1C=C(C)C[C@H](C)CC(OC)[C@H]2O[C@@](O)(C(=O)C(=O)N3CCCC[C@H]3C(=O)OC(/C(C)=C/[C@@H]3CC[C@H](Cl)[C@H](OC)C3)[C@H](C)[C@@H](O)CC1=O)[C@H](C)C[C@@H]2OC. The number of piperidine rings is 1. The van der Waals surface area contributed by atoms with Crippen LogP contribution in [0.4, 0.5) is 0 Å². The Bertz CT molecular complexity index is 1440. The van der Waals surface area contributed by atoms with Crippen LogP contribution in [0.25, 0.3) is 0 Å². The second-order valence-corrected chi connectivity index (χ2v) is 17.7. The maximum Gasteiger partial charge on any atom is 0.329 e. The molecule has 0 aromatic rings. The van der Waals surface area contributed by atoms with Gasteiger partial charge in [-0.3, -0.25) is 14.4 Å². The van der Waals surface area contributed by atoms with E-state index in [1.807, 2.05) is 32.9 Å². The first-order valence-corrected chi connectivity index (χ1v) is 21.2. The molecule has 3 aliphatic heterocycles. The van der Waals surface area contributed by atoms with Crippen LogP contribution in [0.3, 0.4) is 0 Å². The fourth-order valence-electron chi connectivity index (χ4n) is 9.36. The zero-order valence-electron chi connectivity index (χ0n) is 35.0. The normalized spacial score (nSPS) is 40.6. The van der Waals surface area contributed by atoms with Crippen molar-refractivity contribution in [3.63, 3.8) is 0 Å². The molecule has 2 saturated heterocycles. The zero-order chi connectivity index (χ0) is 41.5. The van der Waals surface area contributed by atoms with E-state index < -0.39 is 77.8 Å². The van der Waals surface area contributed by atoms with E-state index in [2.05, 4.69) is 6.92 Å². The molecule has 2 unspecified atom stereocenters. The minimum atomic E-state index is -2.49. The van der Waals surface area contributed by atoms with Gasteiger partial charge in [0.1, 0.15) is 24.0 Å². The van der Waals surface area contributed by atoms with E-state index in [4.69, 9.17) is 35.3 Å². The molecule has 3 heterocycles. The Labute approximate surface area is 339 Å². The van der Waals surface area contributed by atoms with Crippen LogP contribution in [-0.2, 0) is 42.9 Å². The summed E-state index contributed by atoms with van der Waals surface area (Å²) in [6, 6.07) is -1.12. The molecule has 56 heavy (non-hydrogen) atoms. The molecule has 1 saturated carbocycles. The van der Waals surface area contributed by atoms with Crippen LogP contribution < -0.4 is 0 Å². The summed E-state index contributed by atoms with van der Waals surface area (Å²) in [4.78, 5) is 57.7. The summed E-state index contributed by atoms with van der Waals surface area (Å²) in [6.07, 6.45) is 5.16. The molecule has 0 aromatic carbocycles. The zero-order valence-corrected chi connectivity index (χ0v) is 35.8. The molecule has 2 bridgehead atoms. The van der Waals surface area contributed by atoms with E-state index in [0.717, 1.165) is 18.4 Å². The van der Waals surface area contributed by atoms with Crippen LogP contribution in [-0.4, -0.2) is 120 Å². The van der Waals surface area contributed by atoms with Gasteiger partial charge in [0.15, 0.2) is 0 Å². The molecule has 0 radical (unpaired) electrons. The highest BCUT2D eigenvalue weighted by molar-refractivity contribution is 6.39. The Kier molecular flexibility index (Phi) is 17.2. The maximum atomic E-state index is 14.3. The third kappa shape index (κ3) is 10.9. The number of fused-ring (bicyclic) bond motifs is 3. The lowest BCUT2D eigenvalue weighted by Crippen LogP contribution is -2.64. The van der Waals surface area contributed by atoms with Crippen molar-refractivity contribution in [1.29, 1.82) is 0 Å². The van der Waals surface area contributed by atoms with Crippen molar-refractivity contribution in [1.82, 2.24) is 4.90 Å². The van der Waals surface area contributed by atoms with Crippen molar-refractivity contribution in [2.75, 3.05) is 27.9 Å². The lowest BCUT2D eigenvalue weighted by molar-refractivity contribution is -0.302. The summed E-state index contributed by atoms with van der Waals surface area (Å²) < 4.78 is 29.9. The molecule has 0 spiro atoms. The number of hydrogen-bond acceptors (Lipinski definition) is 11. The second kappa shape index (κ2) is 20.7. The first kappa shape index (κ1) is 46.5. The Morgan fingerprint density at radius 2 is 1.62 bits per heavy atom. The van der Waals surface area contributed by atoms with Gasteiger partial charge in [-0.2, -0.15) is 0 Å². The highest BCUT2D eigenvalue weighted by atomic mass is 35.5. The summed E-state index contributed by atoms with van der Waals surface area (Å²) in [7, 11) is 4.71. The van der Waals surface area contributed by atoms with Gasteiger partial charge >= 0.3 is 5.97 Å². The van der Waals surface area contributed by atoms with Gasteiger partial charge in [-0.05, 0) is 95.5 Å². The van der Waals surface area contributed by atoms with E-state index in [0.29, 0.717) is 44.1 Å². The molecule has 2 N–H and O–H groups in total. The molecular formula is C43H68ClNO11. The number of cyclic esters (lactones) is 1. The molecule has 4 rings (SSSR count). The molecule has 318 valence electrons. The number of ketones is 2. The Morgan fingerprint density at radius 1 is 0.964 bits per heavy atom. The van der Waals surface area contributed by atoms with Crippen molar-refractivity contribution in [2.24, 2.45) is 29.6 Å². The summed E-state index contributed by atoms with van der Waals surface area (Å²) >= 11 is 6.52. The van der Waals surface area contributed by atoms with E-state index in [9.17, 15) is 29.4 Å². The smallest absolute Gasteiger partial charge is 0.329 e. The van der Waals surface area contributed by atoms with Crippen molar-refractivity contribution in [3.05, 3.63) is 23.3 Å². The van der Waals surface area contributed by atoms with Crippen molar-refractivity contribution >= 4 is 35.0 Å². The monoisotopic (exact) mass is 809 g/mol. The average Bonchev–Trinajstić information content (AvgIpc) is 3.18. The number of nitrogens with zero attached hydrogens (tertiary/aromatic N) is 1. The van der Waals surface area contributed by atoms with Crippen molar-refractivity contribution < 1.29 is 53.1 Å². The second-order valence-electron chi connectivity index (χ2n) is 17.1. The predicted octanol–water partition coefficient (Wildman–Crippen LogP) is 5.72. The van der Waals surface area contributed by atoms with Crippen LogP contribution in [0.2, 0.25) is 0 Å². The number of allylic oxidation sites excluding steroid dienone is 3. The van der Waals surface area contributed by atoms with Crippen LogP contribution in [0.15, 0.2) is 23.3 Å². The predicted molar refractivity (Wildman–Crippen MR) is 212 cm³/mol. The number of methoxy groups -OCH3 is 3. The number of hydrogen-bond donors (Lipinski definition) is 2. The van der Waals surface area contributed by atoms with Crippen LogP contribution in [0.5, 0.6) is 0 Å². The first-order valence-electron chi connectivity index (χ1n) is 20.7. The van der Waals surface area contributed by atoms with E-state index in [1.54, 1.807) is 21.0 Å². The number of alkyl halides is 1. The number of carbonyl (C=O) groups excluding carboxylic acids is 4. The van der Waals surface area contributed by atoms with Crippen molar-refractivity contribution in [2.45, 2.75) is 166 Å². The van der Waals surface area contributed by atoms with Gasteiger partial charge in [-0.25, -0.2) is 4.79 Å². The van der Waals surface area contributed by atoms with Crippen LogP contribution in [0.1, 0.15) is 112 Å². The summed E-state index contributed by atoms with van der Waals surface area (Å²) in [6.45, 7) is 11.3. The number of carbonyl (C=O) groups is 4. The maximum absolute atomic E-state index is 14.3. The number of rotatable bonds is 6. The number of amides is 1. The van der Waals surface area contributed by atoms with Gasteiger partial charge in [0.2, 0.25) is 5.79 Å². The van der Waals surface area contributed by atoms with Gasteiger partial charge in [-0.15, -0.1) is 11.6 Å². The number of aliphatic hydroxyl groups excluding tert-OH is 1. The third-order valence-corrected chi connectivity index (χ3v) is 13.3. The van der Waals surface area contributed by atoms with E-state index in [1.165, 1.54) is 19.1 Å². The number of ether oxygens (including phenoxy) is 5. The fourth-order valence-corrected chi connectivity index (χ4v) is 9.69. The standard InChI is InChI=1S/C43H68ClNO11/c1-10-30-18-24(2)17-25(3)19-36(53-8)39-37(54-9)21-27(5)43(51,56-39)40(48)41(49)45-16-12-11-13-32(45)42(50)55-38(28(6)33(46)23-34(30)47)26(4)20-29-14-15-31(44)35(22-29)52-7/h18,20,25,27-33,35-39,46,51H,10-17,19,21-23H2,1-9H3/b24-18?,26-20+/t25-,27+,28+,29-,30+,31-,32-,33-,35+,36?,37-,38?,39+,43+/m0/s1. The molecule has 3 fully saturated rings. The molecule has 0 aromatic heterocycles. The average molecular weight is 810 g/mol. The lowest BCUT2D eigenvalue weighted by Gasteiger charge is -2.47. The molecule has 14 atom stereocenters. The van der Waals surface area contributed by atoms with E-state index >= 15 is 0 Å². The van der Waals surface area contributed by atoms with Gasteiger partial charge < -0.3 is 38.8 Å².